The third-order valence-electron chi connectivity index (χ3n) is 4.05. The zero-order valence-electron chi connectivity index (χ0n) is 14.4. The van der Waals surface area contributed by atoms with Crippen molar-refractivity contribution in [2.24, 2.45) is 0 Å². The Morgan fingerprint density at radius 2 is 2.19 bits per heavy atom. The molecule has 9 heteroatoms. The molecule has 1 saturated heterocycles. The fourth-order valence-electron chi connectivity index (χ4n) is 2.59. The highest BCUT2D eigenvalue weighted by atomic mass is 32.2. The van der Waals surface area contributed by atoms with Crippen LogP contribution >= 0.6 is 0 Å². The molecule has 3 rings (SSSR count). The average Bonchev–Trinajstić information content (AvgIpc) is 3.31. The monoisotopic (exact) mass is 379 g/mol. The fourth-order valence-corrected chi connectivity index (χ4v) is 3.90. The Morgan fingerprint density at radius 1 is 1.35 bits per heavy atom. The summed E-state index contributed by atoms with van der Waals surface area (Å²) in [5.41, 5.74) is 1.06. The van der Waals surface area contributed by atoms with E-state index in [1.807, 2.05) is 6.92 Å². The Kier molecular flexibility index (Phi) is 5.70. The van der Waals surface area contributed by atoms with Gasteiger partial charge in [0.1, 0.15) is 0 Å². The van der Waals surface area contributed by atoms with E-state index in [9.17, 15) is 13.2 Å². The van der Waals surface area contributed by atoms with Crippen molar-refractivity contribution in [1.29, 1.82) is 0 Å². The number of aromatic nitrogens is 1. The van der Waals surface area contributed by atoms with Crippen LogP contribution < -0.4 is 10.0 Å². The lowest BCUT2D eigenvalue weighted by Gasteiger charge is -2.12. The minimum absolute atomic E-state index is 0.0463. The van der Waals surface area contributed by atoms with Gasteiger partial charge >= 0.3 is 0 Å². The van der Waals surface area contributed by atoms with Crippen molar-refractivity contribution in [3.63, 3.8) is 0 Å². The standard InChI is InChI=1S/C17H21N3O5S/c1-2-13-9-15(25-19-13)10-18-17(21)12-4-3-5-16(8-12)26(22,23)20-14-6-7-24-11-14/h3-5,8-9,14,20H,2,6-7,10-11H2,1H3,(H,18,21). The van der Waals surface area contributed by atoms with Gasteiger partial charge in [0.2, 0.25) is 10.0 Å². The van der Waals surface area contributed by atoms with Gasteiger partial charge in [-0.1, -0.05) is 18.1 Å². The Bertz CT molecular complexity index is 872. The molecule has 1 amide bonds. The van der Waals surface area contributed by atoms with Gasteiger partial charge in [0, 0.05) is 24.3 Å². The van der Waals surface area contributed by atoms with Gasteiger partial charge in [0.15, 0.2) is 5.76 Å². The van der Waals surface area contributed by atoms with Crippen LogP contribution in [0.5, 0.6) is 0 Å². The van der Waals surface area contributed by atoms with Gasteiger partial charge in [-0.05, 0) is 31.0 Å². The molecule has 0 spiro atoms. The molecule has 0 aliphatic carbocycles. The first kappa shape index (κ1) is 18.6. The first-order valence-corrected chi connectivity index (χ1v) is 9.89. The van der Waals surface area contributed by atoms with Crippen LogP contribution in [0.3, 0.4) is 0 Å². The van der Waals surface area contributed by atoms with Crippen molar-refractivity contribution in [3.05, 3.63) is 47.3 Å². The minimum Gasteiger partial charge on any atom is -0.380 e. The molecule has 1 atom stereocenters. The van der Waals surface area contributed by atoms with Gasteiger partial charge < -0.3 is 14.6 Å². The van der Waals surface area contributed by atoms with E-state index >= 15 is 0 Å². The maximum absolute atomic E-state index is 12.5. The van der Waals surface area contributed by atoms with E-state index in [1.54, 1.807) is 12.1 Å². The number of benzene rings is 1. The van der Waals surface area contributed by atoms with E-state index in [2.05, 4.69) is 15.2 Å². The number of aryl methyl sites for hydroxylation is 1. The van der Waals surface area contributed by atoms with Crippen LogP contribution in [0.1, 0.15) is 35.2 Å². The van der Waals surface area contributed by atoms with Crippen molar-refractivity contribution < 1.29 is 22.5 Å². The number of nitrogens with one attached hydrogen (secondary N) is 2. The second-order valence-corrected chi connectivity index (χ2v) is 7.74. The lowest BCUT2D eigenvalue weighted by Crippen LogP contribution is -2.35. The molecule has 0 bridgehead atoms. The molecular weight excluding hydrogens is 358 g/mol. The van der Waals surface area contributed by atoms with Gasteiger partial charge in [-0.25, -0.2) is 13.1 Å². The summed E-state index contributed by atoms with van der Waals surface area (Å²) in [4.78, 5) is 12.4. The molecule has 1 aromatic carbocycles. The number of amides is 1. The number of nitrogens with zero attached hydrogens (tertiary/aromatic N) is 1. The summed E-state index contributed by atoms with van der Waals surface area (Å²) in [7, 11) is -3.71. The topological polar surface area (TPSA) is 111 Å². The lowest BCUT2D eigenvalue weighted by atomic mass is 10.2. The first-order valence-electron chi connectivity index (χ1n) is 8.41. The van der Waals surface area contributed by atoms with Crippen molar-refractivity contribution in [1.82, 2.24) is 15.2 Å². The Labute approximate surface area is 152 Å². The molecule has 0 radical (unpaired) electrons. The van der Waals surface area contributed by atoms with Gasteiger partial charge in [-0.2, -0.15) is 0 Å². The Hall–Kier alpha value is -2.23. The molecule has 26 heavy (non-hydrogen) atoms. The lowest BCUT2D eigenvalue weighted by molar-refractivity contribution is 0.0947. The molecule has 1 aromatic heterocycles. The van der Waals surface area contributed by atoms with Crippen molar-refractivity contribution in [2.75, 3.05) is 13.2 Å². The van der Waals surface area contributed by atoms with Crippen LogP contribution in [0.2, 0.25) is 0 Å². The number of sulfonamides is 1. The second kappa shape index (κ2) is 7.98. The molecule has 1 aliphatic rings. The molecule has 140 valence electrons. The Balaban J connectivity index is 1.66. The molecule has 2 aromatic rings. The predicted octanol–water partition coefficient (Wildman–Crippen LogP) is 1.23. The molecule has 1 fully saturated rings. The second-order valence-electron chi connectivity index (χ2n) is 6.03. The number of rotatable bonds is 7. The van der Waals surface area contributed by atoms with Crippen LogP contribution in [0.15, 0.2) is 39.8 Å². The average molecular weight is 379 g/mol. The van der Waals surface area contributed by atoms with Gasteiger partial charge in [0.05, 0.1) is 23.7 Å². The summed E-state index contributed by atoms with van der Waals surface area (Å²) in [5, 5.41) is 6.55. The van der Waals surface area contributed by atoms with Crippen LogP contribution in [0.25, 0.3) is 0 Å². The van der Waals surface area contributed by atoms with E-state index in [4.69, 9.17) is 9.26 Å². The SMILES string of the molecule is CCc1cc(CNC(=O)c2cccc(S(=O)(=O)NC3CCOC3)c2)on1. The number of carbonyl (C=O) groups excluding carboxylic acids is 1. The summed E-state index contributed by atoms with van der Waals surface area (Å²) in [5.74, 6) is 0.155. The highest BCUT2D eigenvalue weighted by molar-refractivity contribution is 7.89. The molecular formula is C17H21N3O5S. The van der Waals surface area contributed by atoms with E-state index in [-0.39, 0.29) is 29.0 Å². The van der Waals surface area contributed by atoms with Crippen molar-refractivity contribution in [2.45, 2.75) is 37.2 Å². The minimum atomic E-state index is -3.71. The normalized spacial score (nSPS) is 17.3. The molecule has 2 heterocycles. The summed E-state index contributed by atoms with van der Waals surface area (Å²) in [6.07, 6.45) is 1.38. The van der Waals surface area contributed by atoms with E-state index < -0.39 is 10.0 Å². The first-order chi connectivity index (χ1) is 12.5. The number of hydrogen-bond donors (Lipinski definition) is 2. The highest BCUT2D eigenvalue weighted by Gasteiger charge is 2.24. The maximum Gasteiger partial charge on any atom is 0.251 e. The Morgan fingerprint density at radius 3 is 2.88 bits per heavy atom. The number of hydrogen-bond acceptors (Lipinski definition) is 6. The van der Waals surface area contributed by atoms with Crippen molar-refractivity contribution in [3.8, 4) is 0 Å². The van der Waals surface area contributed by atoms with Gasteiger partial charge in [-0.3, -0.25) is 4.79 Å². The fraction of sp³-hybridized carbons (Fsp3) is 0.412. The molecule has 2 N–H and O–H groups in total. The third-order valence-corrected chi connectivity index (χ3v) is 5.57. The third kappa shape index (κ3) is 4.48. The summed E-state index contributed by atoms with van der Waals surface area (Å²) >= 11 is 0. The quantitative estimate of drug-likeness (QED) is 0.749. The zero-order valence-corrected chi connectivity index (χ0v) is 15.2. The predicted molar refractivity (Wildman–Crippen MR) is 93.0 cm³/mol. The zero-order chi connectivity index (χ0) is 18.6. The van der Waals surface area contributed by atoms with E-state index in [0.717, 1.165) is 12.1 Å². The largest absolute Gasteiger partial charge is 0.380 e. The van der Waals surface area contributed by atoms with Crippen LogP contribution in [0.4, 0.5) is 0 Å². The summed E-state index contributed by atoms with van der Waals surface area (Å²) in [6, 6.07) is 7.44. The van der Waals surface area contributed by atoms with E-state index in [1.165, 1.54) is 18.2 Å². The number of carbonyl (C=O) groups is 1. The molecule has 1 aliphatic heterocycles. The summed E-state index contributed by atoms with van der Waals surface area (Å²) < 4.78 is 37.8. The molecule has 8 nitrogen and oxygen atoms in total. The smallest absolute Gasteiger partial charge is 0.251 e. The van der Waals surface area contributed by atoms with Crippen LogP contribution in [0, 0.1) is 0 Å². The molecule has 1 unspecified atom stereocenters. The maximum atomic E-state index is 12.5. The summed E-state index contributed by atoms with van der Waals surface area (Å²) in [6.45, 7) is 3.03. The number of ether oxygens (including phenoxy) is 1. The van der Waals surface area contributed by atoms with Crippen LogP contribution in [-0.4, -0.2) is 38.7 Å². The highest BCUT2D eigenvalue weighted by Crippen LogP contribution is 2.15. The molecule has 0 saturated carbocycles. The van der Waals surface area contributed by atoms with Crippen LogP contribution in [-0.2, 0) is 27.7 Å². The van der Waals surface area contributed by atoms with Gasteiger partial charge in [-0.15, -0.1) is 0 Å². The van der Waals surface area contributed by atoms with Gasteiger partial charge in [0.25, 0.3) is 5.91 Å². The van der Waals surface area contributed by atoms with Crippen molar-refractivity contribution >= 4 is 15.9 Å². The van der Waals surface area contributed by atoms with E-state index in [0.29, 0.717) is 25.4 Å².